The molecule has 4 rings (SSSR count). The molecule has 6 heteroatoms. The number of hydrogen-bond donors (Lipinski definition) is 2. The van der Waals surface area contributed by atoms with Gasteiger partial charge in [0, 0.05) is 24.6 Å². The minimum Gasteiger partial charge on any atom is -0.355 e. The lowest BCUT2D eigenvalue weighted by Crippen LogP contribution is -2.33. The molecule has 1 aromatic heterocycles. The topological polar surface area (TPSA) is 76.0 Å². The van der Waals surface area contributed by atoms with Crippen molar-refractivity contribution < 1.29 is 9.59 Å². The van der Waals surface area contributed by atoms with Crippen molar-refractivity contribution in [1.29, 1.82) is 0 Å². The highest BCUT2D eigenvalue weighted by molar-refractivity contribution is 5.93. The number of nitrogens with zero attached hydrogens (tertiary/aromatic N) is 2. The van der Waals surface area contributed by atoms with Gasteiger partial charge in [-0.3, -0.25) is 9.59 Å². The Hall–Kier alpha value is -3.15. The third kappa shape index (κ3) is 5.01. The highest BCUT2D eigenvalue weighted by atomic mass is 16.2. The van der Waals surface area contributed by atoms with Crippen LogP contribution in [0.1, 0.15) is 49.1 Å². The fraction of sp³-hybridized carbons (Fsp3) is 0.423. The summed E-state index contributed by atoms with van der Waals surface area (Å²) in [5.41, 5.74) is 4.74. The van der Waals surface area contributed by atoms with Crippen molar-refractivity contribution >= 4 is 28.5 Å². The highest BCUT2D eigenvalue weighted by Gasteiger charge is 2.21. The number of aryl methyl sites for hydroxylation is 2. The van der Waals surface area contributed by atoms with Crippen LogP contribution >= 0.6 is 0 Å². The predicted octanol–water partition coefficient (Wildman–Crippen LogP) is 4.53. The molecule has 1 fully saturated rings. The van der Waals surface area contributed by atoms with Crippen molar-refractivity contribution in [3.8, 4) is 0 Å². The normalized spacial score (nSPS) is 14.4. The molecule has 0 radical (unpaired) electrons. The third-order valence-electron chi connectivity index (χ3n) is 6.40. The number of amides is 2. The van der Waals surface area contributed by atoms with Crippen molar-refractivity contribution in [3.05, 3.63) is 59.4 Å². The molecule has 0 saturated heterocycles. The van der Waals surface area contributed by atoms with E-state index in [1.165, 1.54) is 6.42 Å². The summed E-state index contributed by atoms with van der Waals surface area (Å²) in [7, 11) is 0. The first-order chi connectivity index (χ1) is 15.5. The summed E-state index contributed by atoms with van der Waals surface area (Å²) in [6.45, 7) is 4.70. The van der Waals surface area contributed by atoms with Crippen LogP contribution in [-0.4, -0.2) is 27.9 Å². The number of aromatic nitrogens is 2. The Bertz CT molecular complexity index is 1090. The molecule has 2 aromatic carbocycles. The number of para-hydroxylation sites is 3. The van der Waals surface area contributed by atoms with Crippen molar-refractivity contribution in [2.45, 2.75) is 58.9 Å². The molecule has 3 aromatic rings. The van der Waals surface area contributed by atoms with Gasteiger partial charge in [0.25, 0.3) is 0 Å². The average molecular weight is 433 g/mol. The monoisotopic (exact) mass is 432 g/mol. The molecule has 1 aliphatic carbocycles. The molecule has 32 heavy (non-hydrogen) atoms. The van der Waals surface area contributed by atoms with Crippen LogP contribution in [0.3, 0.4) is 0 Å². The summed E-state index contributed by atoms with van der Waals surface area (Å²) in [6.07, 6.45) is 6.08. The fourth-order valence-electron chi connectivity index (χ4n) is 4.63. The van der Waals surface area contributed by atoms with E-state index in [0.29, 0.717) is 13.0 Å². The lowest BCUT2D eigenvalue weighted by atomic mass is 9.89. The number of anilines is 1. The van der Waals surface area contributed by atoms with Crippen molar-refractivity contribution in [1.82, 2.24) is 14.9 Å². The minimum atomic E-state index is -0.0851. The first-order valence-corrected chi connectivity index (χ1v) is 11.6. The third-order valence-corrected chi connectivity index (χ3v) is 6.40. The van der Waals surface area contributed by atoms with E-state index >= 15 is 0 Å². The minimum absolute atomic E-state index is 0.0851. The van der Waals surface area contributed by atoms with E-state index in [1.807, 2.05) is 60.9 Å². The molecular weight excluding hydrogens is 400 g/mol. The van der Waals surface area contributed by atoms with Gasteiger partial charge in [-0.2, -0.15) is 0 Å². The Morgan fingerprint density at radius 3 is 2.47 bits per heavy atom. The second-order valence-corrected chi connectivity index (χ2v) is 8.79. The van der Waals surface area contributed by atoms with Gasteiger partial charge in [0.15, 0.2) is 0 Å². The first-order valence-electron chi connectivity index (χ1n) is 11.6. The van der Waals surface area contributed by atoms with Gasteiger partial charge in [-0.25, -0.2) is 4.98 Å². The SMILES string of the molecule is Cc1cccc(C)c1NC(=O)Cn1c(CCNC(=O)C2CCCCC2)nc2ccccc21. The lowest BCUT2D eigenvalue weighted by molar-refractivity contribution is -0.125. The number of carbonyl (C=O) groups is 2. The standard InChI is InChI=1S/C26H32N4O2/c1-18-9-8-10-19(2)25(18)29-24(31)17-30-22-14-7-6-13-21(22)28-23(30)15-16-27-26(32)20-11-4-3-5-12-20/h6-10,13-14,20H,3-5,11-12,15-17H2,1-2H3,(H,27,32)(H,29,31). The molecular formula is C26H32N4O2. The van der Waals surface area contributed by atoms with Crippen LogP contribution in [0.5, 0.6) is 0 Å². The van der Waals surface area contributed by atoms with Gasteiger partial charge in [-0.05, 0) is 49.9 Å². The van der Waals surface area contributed by atoms with Gasteiger partial charge < -0.3 is 15.2 Å². The fourth-order valence-corrected chi connectivity index (χ4v) is 4.63. The van der Waals surface area contributed by atoms with E-state index < -0.39 is 0 Å². The second kappa shape index (κ2) is 9.98. The number of carbonyl (C=O) groups excluding carboxylic acids is 2. The summed E-state index contributed by atoms with van der Waals surface area (Å²) < 4.78 is 1.96. The maximum Gasteiger partial charge on any atom is 0.244 e. The molecule has 1 heterocycles. The molecule has 6 nitrogen and oxygen atoms in total. The average Bonchev–Trinajstić information content (AvgIpc) is 3.14. The Kier molecular flexibility index (Phi) is 6.88. The summed E-state index contributed by atoms with van der Waals surface area (Å²) >= 11 is 0. The van der Waals surface area contributed by atoms with E-state index in [1.54, 1.807) is 0 Å². The van der Waals surface area contributed by atoms with Crippen LogP contribution in [0.4, 0.5) is 5.69 Å². The number of fused-ring (bicyclic) bond motifs is 1. The van der Waals surface area contributed by atoms with Crippen LogP contribution in [-0.2, 0) is 22.6 Å². The quantitative estimate of drug-likeness (QED) is 0.576. The van der Waals surface area contributed by atoms with Crippen molar-refractivity contribution in [2.75, 3.05) is 11.9 Å². The van der Waals surface area contributed by atoms with E-state index in [2.05, 4.69) is 10.6 Å². The Balaban J connectivity index is 1.46. The van der Waals surface area contributed by atoms with Crippen molar-refractivity contribution in [2.24, 2.45) is 5.92 Å². The van der Waals surface area contributed by atoms with Crippen LogP contribution in [0, 0.1) is 19.8 Å². The molecule has 0 bridgehead atoms. The summed E-state index contributed by atoms with van der Waals surface area (Å²) in [5.74, 6) is 1.02. The van der Waals surface area contributed by atoms with E-state index in [9.17, 15) is 9.59 Å². The van der Waals surface area contributed by atoms with Gasteiger partial charge in [0.1, 0.15) is 12.4 Å². The summed E-state index contributed by atoms with van der Waals surface area (Å²) in [5, 5.41) is 6.16. The predicted molar refractivity (Wildman–Crippen MR) is 128 cm³/mol. The Labute approximate surface area is 189 Å². The van der Waals surface area contributed by atoms with E-state index in [-0.39, 0.29) is 24.3 Å². The van der Waals surface area contributed by atoms with E-state index in [4.69, 9.17) is 4.98 Å². The second-order valence-electron chi connectivity index (χ2n) is 8.79. The molecule has 168 valence electrons. The molecule has 1 aliphatic rings. The highest BCUT2D eigenvalue weighted by Crippen LogP contribution is 2.24. The molecule has 2 amide bonds. The van der Waals surface area contributed by atoms with Gasteiger partial charge >= 0.3 is 0 Å². The lowest BCUT2D eigenvalue weighted by Gasteiger charge is -2.20. The number of nitrogens with one attached hydrogen (secondary N) is 2. The molecule has 0 unspecified atom stereocenters. The van der Waals surface area contributed by atoms with Crippen LogP contribution in [0.25, 0.3) is 11.0 Å². The van der Waals surface area contributed by atoms with Gasteiger partial charge in [-0.1, -0.05) is 49.6 Å². The zero-order valence-electron chi connectivity index (χ0n) is 19.0. The first kappa shape index (κ1) is 22.1. The van der Waals surface area contributed by atoms with Gasteiger partial charge in [0.2, 0.25) is 11.8 Å². The maximum absolute atomic E-state index is 12.9. The van der Waals surface area contributed by atoms with Crippen LogP contribution in [0.15, 0.2) is 42.5 Å². The maximum atomic E-state index is 12.9. The summed E-state index contributed by atoms with van der Waals surface area (Å²) in [4.78, 5) is 30.2. The van der Waals surface area contributed by atoms with Crippen LogP contribution < -0.4 is 10.6 Å². The molecule has 2 N–H and O–H groups in total. The molecule has 0 spiro atoms. The largest absolute Gasteiger partial charge is 0.355 e. The van der Waals surface area contributed by atoms with Crippen molar-refractivity contribution in [3.63, 3.8) is 0 Å². The Morgan fingerprint density at radius 2 is 1.72 bits per heavy atom. The number of imidazole rings is 1. The summed E-state index contributed by atoms with van der Waals surface area (Å²) in [6, 6.07) is 13.8. The zero-order chi connectivity index (χ0) is 22.5. The zero-order valence-corrected chi connectivity index (χ0v) is 19.0. The number of rotatable bonds is 7. The van der Waals surface area contributed by atoms with Gasteiger partial charge in [-0.15, -0.1) is 0 Å². The molecule has 0 aliphatic heterocycles. The molecule has 0 atom stereocenters. The number of benzene rings is 2. The Morgan fingerprint density at radius 1 is 1.00 bits per heavy atom. The van der Waals surface area contributed by atoms with E-state index in [0.717, 1.165) is 59.4 Å². The molecule has 1 saturated carbocycles. The number of hydrogen-bond acceptors (Lipinski definition) is 3. The van der Waals surface area contributed by atoms with Crippen LogP contribution in [0.2, 0.25) is 0 Å². The smallest absolute Gasteiger partial charge is 0.244 e. The van der Waals surface area contributed by atoms with Gasteiger partial charge in [0.05, 0.1) is 11.0 Å².